The van der Waals surface area contributed by atoms with Crippen LogP contribution >= 0.6 is 23.2 Å². The molecule has 0 saturated carbocycles. The summed E-state index contributed by atoms with van der Waals surface area (Å²) in [6.07, 6.45) is 8.52. The van der Waals surface area contributed by atoms with Crippen molar-refractivity contribution in [3.63, 3.8) is 0 Å². The van der Waals surface area contributed by atoms with Gasteiger partial charge in [-0.05, 0) is 59.9 Å². The van der Waals surface area contributed by atoms with Crippen LogP contribution in [0.2, 0.25) is 10.0 Å². The fourth-order valence-electron chi connectivity index (χ4n) is 2.96. The highest BCUT2D eigenvalue weighted by Gasteiger charge is 2.22. The van der Waals surface area contributed by atoms with Crippen molar-refractivity contribution in [3.05, 3.63) is 94.0 Å². The van der Waals surface area contributed by atoms with Gasteiger partial charge in [0.25, 0.3) is 0 Å². The molecule has 2 N–H and O–H groups in total. The van der Waals surface area contributed by atoms with Gasteiger partial charge in [0, 0.05) is 47.9 Å². The maximum absolute atomic E-state index is 12.9. The number of pyridine rings is 2. The normalized spacial score (nSPS) is 11.8. The molecule has 0 aliphatic heterocycles. The topological polar surface area (TPSA) is 66.9 Å². The molecule has 1 aromatic carbocycles. The second kappa shape index (κ2) is 10.9. The van der Waals surface area contributed by atoms with Crippen LogP contribution in [0.1, 0.15) is 22.7 Å². The molecule has 2 heterocycles. The smallest absolute Gasteiger partial charge is 0.241 e. The lowest BCUT2D eigenvalue weighted by Gasteiger charge is -2.20. The van der Waals surface area contributed by atoms with E-state index in [0.29, 0.717) is 35.1 Å². The van der Waals surface area contributed by atoms with Gasteiger partial charge in [-0.1, -0.05) is 35.3 Å². The second-order valence-electron chi connectivity index (χ2n) is 6.57. The highest BCUT2D eigenvalue weighted by molar-refractivity contribution is 6.33. The predicted molar refractivity (Wildman–Crippen MR) is 116 cm³/mol. The average molecular weight is 429 g/mol. The Morgan fingerprint density at radius 2 is 1.59 bits per heavy atom. The van der Waals surface area contributed by atoms with E-state index < -0.39 is 6.04 Å². The molecule has 3 rings (SSSR count). The third kappa shape index (κ3) is 6.53. The van der Waals surface area contributed by atoms with E-state index in [2.05, 4.69) is 20.6 Å². The van der Waals surface area contributed by atoms with Crippen LogP contribution in [0.15, 0.2) is 67.3 Å². The zero-order valence-electron chi connectivity index (χ0n) is 15.8. The third-order valence-electron chi connectivity index (χ3n) is 4.45. The Morgan fingerprint density at radius 3 is 2.21 bits per heavy atom. The Balaban J connectivity index is 1.66. The quantitative estimate of drug-likeness (QED) is 0.539. The van der Waals surface area contributed by atoms with E-state index in [1.807, 2.05) is 30.5 Å². The zero-order chi connectivity index (χ0) is 20.5. The molecule has 29 heavy (non-hydrogen) atoms. The fraction of sp³-hybridized carbons (Fsp3) is 0.227. The lowest BCUT2D eigenvalue weighted by atomic mass is 10.0. The minimum absolute atomic E-state index is 0.149. The van der Waals surface area contributed by atoms with Crippen LogP contribution in [0.25, 0.3) is 0 Å². The Morgan fingerprint density at radius 1 is 0.931 bits per heavy atom. The number of nitrogens with one attached hydrogen (secondary N) is 2. The minimum Gasteiger partial charge on any atom is -0.354 e. The number of hydrogen-bond donors (Lipinski definition) is 2. The summed E-state index contributed by atoms with van der Waals surface area (Å²) in [7, 11) is 0. The molecule has 0 aliphatic carbocycles. The van der Waals surface area contributed by atoms with E-state index in [1.54, 1.807) is 36.8 Å². The summed E-state index contributed by atoms with van der Waals surface area (Å²) in [5, 5.41) is 7.32. The summed E-state index contributed by atoms with van der Waals surface area (Å²) in [4.78, 5) is 21.1. The monoisotopic (exact) mass is 428 g/mol. The molecular weight excluding hydrogens is 407 g/mol. The highest BCUT2D eigenvalue weighted by atomic mass is 35.5. The molecule has 5 nitrogen and oxygen atoms in total. The molecular formula is C22H22Cl2N4O. The van der Waals surface area contributed by atoms with Gasteiger partial charge in [-0.15, -0.1) is 0 Å². The number of nitrogens with zero attached hydrogens (tertiary/aromatic N) is 2. The van der Waals surface area contributed by atoms with Gasteiger partial charge in [-0.2, -0.15) is 0 Å². The Hall–Kier alpha value is -2.47. The van der Waals surface area contributed by atoms with Crippen LogP contribution in [0.3, 0.4) is 0 Å². The molecule has 1 atom stereocenters. The van der Waals surface area contributed by atoms with Crippen molar-refractivity contribution in [3.8, 4) is 0 Å². The molecule has 0 bridgehead atoms. The lowest BCUT2D eigenvalue weighted by molar-refractivity contribution is -0.123. The number of aromatic nitrogens is 2. The molecule has 2 aromatic heterocycles. The standard InChI is InChI=1S/C22H22Cl2N4O/c23-18-5-6-20(24)19(13-18)21(27-11-7-16-3-1-9-25-14-16)22(29)28-12-8-17-4-2-10-26-15-17/h1-6,9-10,13-15,21,27H,7-8,11-12H2,(H,28,29). The van der Waals surface area contributed by atoms with Crippen molar-refractivity contribution >= 4 is 29.1 Å². The van der Waals surface area contributed by atoms with E-state index >= 15 is 0 Å². The number of carbonyl (C=O) groups excluding carboxylic acids is 1. The van der Waals surface area contributed by atoms with Crippen molar-refractivity contribution < 1.29 is 4.79 Å². The minimum atomic E-state index is -0.605. The lowest BCUT2D eigenvalue weighted by Crippen LogP contribution is -2.39. The average Bonchev–Trinajstić information content (AvgIpc) is 2.75. The highest BCUT2D eigenvalue weighted by Crippen LogP contribution is 2.26. The summed E-state index contributed by atoms with van der Waals surface area (Å²) in [5.74, 6) is -0.149. The van der Waals surface area contributed by atoms with Gasteiger partial charge < -0.3 is 10.6 Å². The number of carbonyl (C=O) groups is 1. The Labute approximate surface area is 180 Å². The van der Waals surface area contributed by atoms with E-state index in [4.69, 9.17) is 23.2 Å². The molecule has 3 aromatic rings. The number of halogens is 2. The Kier molecular flexibility index (Phi) is 7.99. The van der Waals surface area contributed by atoms with Gasteiger partial charge in [-0.3, -0.25) is 14.8 Å². The van der Waals surface area contributed by atoms with E-state index in [9.17, 15) is 4.79 Å². The number of rotatable bonds is 9. The summed E-state index contributed by atoms with van der Waals surface area (Å²) in [6, 6.07) is 12.3. The number of benzene rings is 1. The number of amides is 1. The van der Waals surface area contributed by atoms with Crippen LogP contribution < -0.4 is 10.6 Å². The van der Waals surface area contributed by atoms with Crippen molar-refractivity contribution in [1.82, 2.24) is 20.6 Å². The second-order valence-corrected chi connectivity index (χ2v) is 7.41. The first-order chi connectivity index (χ1) is 14.1. The number of hydrogen-bond acceptors (Lipinski definition) is 4. The molecule has 0 spiro atoms. The first-order valence-corrected chi connectivity index (χ1v) is 10.1. The molecule has 0 aliphatic rings. The summed E-state index contributed by atoms with van der Waals surface area (Å²) in [6.45, 7) is 1.10. The van der Waals surface area contributed by atoms with Crippen LogP contribution in [-0.2, 0) is 17.6 Å². The van der Waals surface area contributed by atoms with Gasteiger partial charge in [0.15, 0.2) is 0 Å². The molecule has 150 valence electrons. The van der Waals surface area contributed by atoms with Crippen molar-refractivity contribution in [2.45, 2.75) is 18.9 Å². The zero-order valence-corrected chi connectivity index (χ0v) is 17.3. The van der Waals surface area contributed by atoms with Gasteiger partial charge >= 0.3 is 0 Å². The van der Waals surface area contributed by atoms with Gasteiger partial charge in [0.1, 0.15) is 6.04 Å². The molecule has 7 heteroatoms. The van der Waals surface area contributed by atoms with Crippen LogP contribution in [-0.4, -0.2) is 29.0 Å². The SMILES string of the molecule is O=C(NCCc1cccnc1)C(NCCc1cccnc1)c1cc(Cl)ccc1Cl. The molecule has 0 fully saturated rings. The van der Waals surface area contributed by atoms with Crippen LogP contribution in [0.4, 0.5) is 0 Å². The summed E-state index contributed by atoms with van der Waals surface area (Å²) < 4.78 is 0. The van der Waals surface area contributed by atoms with Crippen molar-refractivity contribution in [2.24, 2.45) is 0 Å². The largest absolute Gasteiger partial charge is 0.354 e. The van der Waals surface area contributed by atoms with Crippen LogP contribution in [0.5, 0.6) is 0 Å². The predicted octanol–water partition coefficient (Wildman–Crippen LogP) is 4.02. The van der Waals surface area contributed by atoms with E-state index in [0.717, 1.165) is 17.5 Å². The van der Waals surface area contributed by atoms with Crippen LogP contribution in [0, 0.1) is 0 Å². The maximum Gasteiger partial charge on any atom is 0.241 e. The first-order valence-electron chi connectivity index (χ1n) is 9.37. The van der Waals surface area contributed by atoms with Crippen molar-refractivity contribution in [1.29, 1.82) is 0 Å². The van der Waals surface area contributed by atoms with Gasteiger partial charge in [0.2, 0.25) is 5.91 Å². The molecule has 0 saturated heterocycles. The van der Waals surface area contributed by atoms with E-state index in [1.165, 1.54) is 0 Å². The molecule has 0 radical (unpaired) electrons. The van der Waals surface area contributed by atoms with Crippen molar-refractivity contribution in [2.75, 3.05) is 13.1 Å². The summed E-state index contributed by atoms with van der Waals surface area (Å²) >= 11 is 12.5. The summed E-state index contributed by atoms with van der Waals surface area (Å²) in [5.41, 5.74) is 2.81. The fourth-order valence-corrected chi connectivity index (χ4v) is 3.37. The van der Waals surface area contributed by atoms with Gasteiger partial charge in [-0.25, -0.2) is 0 Å². The van der Waals surface area contributed by atoms with Gasteiger partial charge in [0.05, 0.1) is 0 Å². The maximum atomic E-state index is 12.9. The molecule has 1 amide bonds. The Bertz CT molecular complexity index is 923. The third-order valence-corrected chi connectivity index (χ3v) is 5.03. The molecule has 1 unspecified atom stereocenters. The van der Waals surface area contributed by atoms with E-state index in [-0.39, 0.29) is 5.91 Å². The first kappa shape index (κ1) is 21.2.